The Kier molecular flexibility index (Phi) is 6.55. The van der Waals surface area contributed by atoms with Gasteiger partial charge in [0.25, 0.3) is 5.91 Å². The second-order valence-electron chi connectivity index (χ2n) is 10.1. The second kappa shape index (κ2) is 9.55. The standard InChI is InChI=1S/C27H29F4N5O/c1-16(9-25-33-32-15-34(25)3)18-5-4-6-21(10-18)36-14-23-22(26(36)37)11-19(12-24(23)27(29,30)31)17(2)35-8-7-20(28)13-35/h4-6,10-12,15-17,20H,7-9,13-14H2,1-3H3. The number of benzene rings is 2. The minimum absolute atomic E-state index is 0.0178. The van der Waals surface area contributed by atoms with Crippen LogP contribution in [0.1, 0.15) is 70.7 Å². The first-order chi connectivity index (χ1) is 17.5. The van der Waals surface area contributed by atoms with Gasteiger partial charge in [0.1, 0.15) is 18.3 Å². The molecule has 3 aromatic rings. The van der Waals surface area contributed by atoms with Gasteiger partial charge in [-0.15, -0.1) is 10.2 Å². The summed E-state index contributed by atoms with van der Waals surface area (Å²) in [4.78, 5) is 16.7. The Bertz CT molecular complexity index is 1320. The summed E-state index contributed by atoms with van der Waals surface area (Å²) in [6.45, 7) is 4.29. The number of anilines is 1. The quantitative estimate of drug-likeness (QED) is 0.410. The van der Waals surface area contributed by atoms with Crippen LogP contribution in [0.5, 0.6) is 0 Å². The van der Waals surface area contributed by atoms with Crippen molar-refractivity contribution in [1.82, 2.24) is 19.7 Å². The Morgan fingerprint density at radius 1 is 1.14 bits per heavy atom. The number of alkyl halides is 4. The van der Waals surface area contributed by atoms with Crippen LogP contribution in [0.15, 0.2) is 42.7 Å². The molecule has 1 aromatic heterocycles. The minimum atomic E-state index is -4.61. The number of amides is 1. The molecule has 1 saturated heterocycles. The molecule has 0 aliphatic carbocycles. The topological polar surface area (TPSA) is 54.3 Å². The lowest BCUT2D eigenvalue weighted by atomic mass is 9.95. The van der Waals surface area contributed by atoms with Crippen LogP contribution in [0, 0.1) is 0 Å². The SMILES string of the molecule is CC(Cc1nncn1C)c1cccc(N2Cc3c(cc(C(C)N4CCC(F)C4)cc3C(F)(F)F)C2=O)c1. The van der Waals surface area contributed by atoms with Crippen molar-refractivity contribution in [3.05, 3.63) is 76.4 Å². The van der Waals surface area contributed by atoms with E-state index in [1.807, 2.05) is 41.6 Å². The average molecular weight is 516 g/mol. The van der Waals surface area contributed by atoms with Gasteiger partial charge in [0.2, 0.25) is 0 Å². The lowest BCUT2D eigenvalue weighted by Gasteiger charge is -2.25. The van der Waals surface area contributed by atoms with Crippen molar-refractivity contribution in [3.63, 3.8) is 0 Å². The van der Waals surface area contributed by atoms with Crippen molar-refractivity contribution in [2.45, 2.75) is 57.5 Å². The third-order valence-electron chi connectivity index (χ3n) is 7.61. The zero-order chi connectivity index (χ0) is 26.5. The molecule has 2 aliphatic heterocycles. The van der Waals surface area contributed by atoms with Crippen LogP contribution < -0.4 is 4.90 Å². The number of rotatable bonds is 6. The number of aromatic nitrogens is 3. The Hall–Kier alpha value is -3.27. The van der Waals surface area contributed by atoms with E-state index >= 15 is 0 Å². The molecule has 0 bridgehead atoms. The van der Waals surface area contributed by atoms with Crippen molar-refractivity contribution in [1.29, 1.82) is 0 Å². The number of hydrogen-bond acceptors (Lipinski definition) is 4. The Labute approximate surface area is 212 Å². The van der Waals surface area contributed by atoms with Gasteiger partial charge in [0.05, 0.1) is 12.1 Å². The number of halogens is 4. The van der Waals surface area contributed by atoms with Crippen LogP contribution in [0.2, 0.25) is 0 Å². The van der Waals surface area contributed by atoms with Crippen LogP contribution in [-0.2, 0) is 26.2 Å². The predicted octanol–water partition coefficient (Wildman–Crippen LogP) is 5.45. The fraction of sp³-hybridized carbons (Fsp3) is 0.444. The van der Waals surface area contributed by atoms with Gasteiger partial charge >= 0.3 is 6.18 Å². The molecule has 5 rings (SSSR count). The molecule has 2 aromatic carbocycles. The number of likely N-dealkylation sites (tertiary alicyclic amines) is 1. The zero-order valence-corrected chi connectivity index (χ0v) is 21.0. The number of nitrogens with zero attached hydrogens (tertiary/aromatic N) is 5. The lowest BCUT2D eigenvalue weighted by molar-refractivity contribution is -0.138. The lowest BCUT2D eigenvalue weighted by Crippen LogP contribution is -2.25. The van der Waals surface area contributed by atoms with E-state index in [9.17, 15) is 22.4 Å². The van der Waals surface area contributed by atoms with E-state index in [0.29, 0.717) is 30.6 Å². The van der Waals surface area contributed by atoms with E-state index in [1.54, 1.807) is 25.4 Å². The molecule has 10 heteroatoms. The highest BCUT2D eigenvalue weighted by Crippen LogP contribution is 2.41. The summed E-state index contributed by atoms with van der Waals surface area (Å²) in [5.74, 6) is 0.412. The maximum Gasteiger partial charge on any atom is 0.416 e. The number of carbonyl (C=O) groups is 1. The molecule has 3 unspecified atom stereocenters. The minimum Gasteiger partial charge on any atom is -0.321 e. The largest absolute Gasteiger partial charge is 0.416 e. The average Bonchev–Trinajstić information content (AvgIpc) is 3.56. The molecule has 2 aliphatic rings. The van der Waals surface area contributed by atoms with Crippen molar-refractivity contribution in [2.24, 2.45) is 7.05 Å². The molecule has 1 fully saturated rings. The smallest absolute Gasteiger partial charge is 0.321 e. The van der Waals surface area contributed by atoms with Gasteiger partial charge in [-0.25, -0.2) is 4.39 Å². The van der Waals surface area contributed by atoms with Gasteiger partial charge in [-0.05, 0) is 60.2 Å². The molecular formula is C27H29F4N5O. The van der Waals surface area contributed by atoms with Crippen LogP contribution in [0.4, 0.5) is 23.2 Å². The molecule has 37 heavy (non-hydrogen) atoms. The van der Waals surface area contributed by atoms with Crippen molar-refractivity contribution >= 4 is 11.6 Å². The Morgan fingerprint density at radius 3 is 2.57 bits per heavy atom. The predicted molar refractivity (Wildman–Crippen MR) is 131 cm³/mol. The van der Waals surface area contributed by atoms with Gasteiger partial charge < -0.3 is 9.47 Å². The second-order valence-corrected chi connectivity index (χ2v) is 10.1. The number of hydrogen-bond donors (Lipinski definition) is 0. The number of fused-ring (bicyclic) bond motifs is 1. The van der Waals surface area contributed by atoms with Crippen LogP contribution in [-0.4, -0.2) is 44.8 Å². The highest BCUT2D eigenvalue weighted by Gasteiger charge is 2.41. The molecule has 3 heterocycles. The molecule has 0 N–H and O–H groups in total. The first kappa shape index (κ1) is 25.4. The monoisotopic (exact) mass is 515 g/mol. The third-order valence-corrected chi connectivity index (χ3v) is 7.61. The maximum atomic E-state index is 14.1. The van der Waals surface area contributed by atoms with Crippen molar-refractivity contribution in [3.8, 4) is 0 Å². The highest BCUT2D eigenvalue weighted by molar-refractivity contribution is 6.10. The van der Waals surface area contributed by atoms with Gasteiger partial charge in [-0.1, -0.05) is 19.1 Å². The fourth-order valence-electron chi connectivity index (χ4n) is 5.32. The summed E-state index contributed by atoms with van der Waals surface area (Å²) in [6, 6.07) is 9.60. The molecule has 1 amide bonds. The van der Waals surface area contributed by atoms with E-state index in [1.165, 1.54) is 4.90 Å². The summed E-state index contributed by atoms with van der Waals surface area (Å²) in [7, 11) is 1.87. The summed E-state index contributed by atoms with van der Waals surface area (Å²) in [6.07, 6.45) is -2.98. The molecule has 3 atom stereocenters. The van der Waals surface area contributed by atoms with Gasteiger partial charge in [0, 0.05) is 43.9 Å². The van der Waals surface area contributed by atoms with Crippen LogP contribution in [0.3, 0.4) is 0 Å². The molecule has 0 radical (unpaired) electrons. The molecule has 0 spiro atoms. The van der Waals surface area contributed by atoms with E-state index in [-0.39, 0.29) is 30.1 Å². The van der Waals surface area contributed by atoms with Crippen LogP contribution >= 0.6 is 0 Å². The summed E-state index contributed by atoms with van der Waals surface area (Å²) in [5.41, 5.74) is 1.11. The zero-order valence-electron chi connectivity index (χ0n) is 21.0. The Morgan fingerprint density at radius 2 is 1.92 bits per heavy atom. The Balaban J connectivity index is 1.45. The summed E-state index contributed by atoms with van der Waals surface area (Å²) < 4.78 is 58.1. The van der Waals surface area contributed by atoms with Gasteiger partial charge in [0.15, 0.2) is 0 Å². The normalized spacial score (nSPS) is 19.9. The summed E-state index contributed by atoms with van der Waals surface area (Å²) >= 11 is 0. The van der Waals surface area contributed by atoms with Crippen molar-refractivity contribution < 1.29 is 22.4 Å². The molecule has 196 valence electrons. The van der Waals surface area contributed by atoms with E-state index in [4.69, 9.17) is 0 Å². The molecular weight excluding hydrogens is 486 g/mol. The fourth-order valence-corrected chi connectivity index (χ4v) is 5.32. The molecule has 6 nitrogen and oxygen atoms in total. The first-order valence-corrected chi connectivity index (χ1v) is 12.4. The maximum absolute atomic E-state index is 14.1. The van der Waals surface area contributed by atoms with Gasteiger partial charge in [-0.2, -0.15) is 13.2 Å². The van der Waals surface area contributed by atoms with Crippen molar-refractivity contribution in [2.75, 3.05) is 18.0 Å². The number of carbonyl (C=O) groups excluding carboxylic acids is 1. The number of aryl methyl sites for hydroxylation is 1. The third kappa shape index (κ3) is 4.86. The van der Waals surface area contributed by atoms with E-state index in [2.05, 4.69) is 10.2 Å². The molecule has 0 saturated carbocycles. The van der Waals surface area contributed by atoms with Crippen LogP contribution in [0.25, 0.3) is 0 Å². The highest BCUT2D eigenvalue weighted by atomic mass is 19.4. The van der Waals surface area contributed by atoms with Gasteiger partial charge in [-0.3, -0.25) is 9.69 Å². The summed E-state index contributed by atoms with van der Waals surface area (Å²) in [5, 5.41) is 8.03. The first-order valence-electron chi connectivity index (χ1n) is 12.4. The van der Waals surface area contributed by atoms with E-state index < -0.39 is 29.9 Å². The van der Waals surface area contributed by atoms with E-state index in [0.717, 1.165) is 17.5 Å².